The van der Waals surface area contributed by atoms with Crippen LogP contribution in [-0.2, 0) is 11.3 Å². The van der Waals surface area contributed by atoms with E-state index in [0.29, 0.717) is 24.2 Å². The summed E-state index contributed by atoms with van der Waals surface area (Å²) in [6.45, 7) is 2.54. The molecule has 0 heterocycles. The van der Waals surface area contributed by atoms with E-state index in [2.05, 4.69) is 12.2 Å². The maximum absolute atomic E-state index is 11.7. The molecular formula is C17H28N2O2. The maximum atomic E-state index is 11.7. The second-order valence-electron chi connectivity index (χ2n) is 5.54. The van der Waals surface area contributed by atoms with Crippen LogP contribution in [0.2, 0.25) is 0 Å². The molecule has 0 bridgehead atoms. The van der Waals surface area contributed by atoms with Crippen LogP contribution in [0, 0.1) is 0 Å². The number of benzene rings is 1. The molecule has 4 nitrogen and oxygen atoms in total. The number of carbonyl (C=O) groups is 1. The molecule has 0 aromatic heterocycles. The quantitative estimate of drug-likeness (QED) is 0.349. The van der Waals surface area contributed by atoms with Crippen LogP contribution in [0.3, 0.4) is 0 Å². The van der Waals surface area contributed by atoms with Crippen molar-refractivity contribution in [2.45, 2.75) is 64.8 Å². The molecule has 4 heteroatoms. The standard InChI is InChI=1S/C17H28N2O2/c1-2-3-4-5-6-7-8-9-17(21)19-13-14-12-15(18)10-11-16(14)20/h10-12,20H,2-9,13,18H2,1H3,(H,19,21). The number of anilines is 1. The topological polar surface area (TPSA) is 75.4 Å². The van der Waals surface area contributed by atoms with Crippen molar-refractivity contribution in [3.05, 3.63) is 23.8 Å². The third-order valence-electron chi connectivity index (χ3n) is 3.59. The highest BCUT2D eigenvalue weighted by atomic mass is 16.3. The number of phenolic OH excluding ortho intramolecular Hbond substituents is 1. The normalized spacial score (nSPS) is 10.5. The van der Waals surface area contributed by atoms with Gasteiger partial charge < -0.3 is 16.2 Å². The van der Waals surface area contributed by atoms with Crippen molar-refractivity contribution in [1.29, 1.82) is 0 Å². The van der Waals surface area contributed by atoms with Crippen LogP contribution in [0.15, 0.2) is 18.2 Å². The molecule has 1 amide bonds. The number of phenols is 1. The summed E-state index contributed by atoms with van der Waals surface area (Å²) in [5.41, 5.74) is 6.90. The van der Waals surface area contributed by atoms with E-state index in [4.69, 9.17) is 5.73 Å². The van der Waals surface area contributed by atoms with Gasteiger partial charge in [0.05, 0.1) is 0 Å². The molecule has 0 spiro atoms. The number of aromatic hydroxyl groups is 1. The highest BCUT2D eigenvalue weighted by Gasteiger charge is 2.05. The van der Waals surface area contributed by atoms with Crippen LogP contribution in [0.4, 0.5) is 5.69 Å². The Morgan fingerprint density at radius 3 is 2.52 bits per heavy atom. The average molecular weight is 292 g/mol. The Morgan fingerprint density at radius 1 is 1.14 bits per heavy atom. The van der Waals surface area contributed by atoms with E-state index < -0.39 is 0 Å². The molecule has 0 saturated heterocycles. The Morgan fingerprint density at radius 2 is 1.81 bits per heavy atom. The van der Waals surface area contributed by atoms with E-state index in [1.54, 1.807) is 18.2 Å². The number of unbranched alkanes of at least 4 members (excludes halogenated alkanes) is 6. The molecule has 0 aliphatic carbocycles. The minimum atomic E-state index is 0.0328. The zero-order valence-corrected chi connectivity index (χ0v) is 13.0. The number of nitrogen functional groups attached to an aromatic ring is 1. The first kappa shape index (κ1) is 17.3. The Bertz CT molecular complexity index is 433. The second kappa shape index (κ2) is 10.1. The summed E-state index contributed by atoms with van der Waals surface area (Å²) in [5.74, 6) is 0.200. The van der Waals surface area contributed by atoms with Gasteiger partial charge in [0.15, 0.2) is 0 Å². The first-order chi connectivity index (χ1) is 10.1. The molecule has 0 fully saturated rings. The van der Waals surface area contributed by atoms with Gasteiger partial charge in [-0.15, -0.1) is 0 Å². The van der Waals surface area contributed by atoms with E-state index in [0.717, 1.165) is 12.8 Å². The van der Waals surface area contributed by atoms with Gasteiger partial charge in [-0.2, -0.15) is 0 Å². The lowest BCUT2D eigenvalue weighted by Gasteiger charge is -2.08. The Hall–Kier alpha value is -1.71. The fourth-order valence-electron chi connectivity index (χ4n) is 2.27. The van der Waals surface area contributed by atoms with Crippen molar-refractivity contribution in [2.24, 2.45) is 0 Å². The molecule has 4 N–H and O–H groups in total. The van der Waals surface area contributed by atoms with Gasteiger partial charge in [-0.25, -0.2) is 0 Å². The molecule has 21 heavy (non-hydrogen) atoms. The summed E-state index contributed by atoms with van der Waals surface area (Å²) >= 11 is 0. The van der Waals surface area contributed by atoms with Crippen molar-refractivity contribution in [1.82, 2.24) is 5.32 Å². The predicted octanol–water partition coefficient (Wildman–Crippen LogP) is 3.73. The van der Waals surface area contributed by atoms with Crippen LogP contribution in [0.1, 0.15) is 63.9 Å². The summed E-state index contributed by atoms with van der Waals surface area (Å²) in [6.07, 6.45) is 8.95. The zero-order chi connectivity index (χ0) is 15.5. The summed E-state index contributed by atoms with van der Waals surface area (Å²) < 4.78 is 0. The molecular weight excluding hydrogens is 264 g/mol. The van der Waals surface area contributed by atoms with Crippen molar-refractivity contribution in [3.63, 3.8) is 0 Å². The van der Waals surface area contributed by atoms with Gasteiger partial charge in [0.1, 0.15) is 5.75 Å². The fourth-order valence-corrected chi connectivity index (χ4v) is 2.27. The van der Waals surface area contributed by atoms with E-state index in [1.165, 1.54) is 32.1 Å². The number of nitrogens with two attached hydrogens (primary N) is 1. The number of rotatable bonds is 10. The van der Waals surface area contributed by atoms with Crippen molar-refractivity contribution in [2.75, 3.05) is 5.73 Å². The molecule has 0 atom stereocenters. The van der Waals surface area contributed by atoms with Gasteiger partial charge in [-0.3, -0.25) is 4.79 Å². The van der Waals surface area contributed by atoms with E-state index in [-0.39, 0.29) is 11.7 Å². The molecule has 0 aliphatic heterocycles. The lowest BCUT2D eigenvalue weighted by atomic mass is 10.1. The molecule has 0 unspecified atom stereocenters. The smallest absolute Gasteiger partial charge is 0.220 e. The van der Waals surface area contributed by atoms with Crippen molar-refractivity contribution >= 4 is 11.6 Å². The summed E-state index contributed by atoms with van der Waals surface area (Å²) in [5, 5.41) is 12.5. The number of amides is 1. The minimum absolute atomic E-state index is 0.0328. The van der Waals surface area contributed by atoms with Gasteiger partial charge >= 0.3 is 0 Å². The molecule has 1 aromatic rings. The monoisotopic (exact) mass is 292 g/mol. The average Bonchev–Trinajstić information content (AvgIpc) is 2.47. The van der Waals surface area contributed by atoms with E-state index in [1.807, 2.05) is 0 Å². The number of hydrogen-bond donors (Lipinski definition) is 3. The second-order valence-corrected chi connectivity index (χ2v) is 5.54. The fraction of sp³-hybridized carbons (Fsp3) is 0.588. The predicted molar refractivity (Wildman–Crippen MR) is 87.0 cm³/mol. The number of hydrogen-bond acceptors (Lipinski definition) is 3. The summed E-state index contributed by atoms with van der Waals surface area (Å²) in [6, 6.07) is 4.87. The molecule has 1 rings (SSSR count). The molecule has 1 aromatic carbocycles. The van der Waals surface area contributed by atoms with Gasteiger partial charge in [0.2, 0.25) is 5.91 Å². The molecule has 0 aliphatic rings. The van der Waals surface area contributed by atoms with Crippen LogP contribution < -0.4 is 11.1 Å². The Kier molecular flexibility index (Phi) is 8.32. The van der Waals surface area contributed by atoms with E-state index >= 15 is 0 Å². The lowest BCUT2D eigenvalue weighted by molar-refractivity contribution is -0.121. The largest absolute Gasteiger partial charge is 0.508 e. The third-order valence-corrected chi connectivity index (χ3v) is 3.59. The minimum Gasteiger partial charge on any atom is -0.508 e. The Balaban J connectivity index is 2.12. The van der Waals surface area contributed by atoms with Gasteiger partial charge in [0, 0.05) is 24.2 Å². The van der Waals surface area contributed by atoms with Gasteiger partial charge in [0.25, 0.3) is 0 Å². The highest BCUT2D eigenvalue weighted by Crippen LogP contribution is 2.19. The molecule has 0 radical (unpaired) electrons. The first-order valence-corrected chi connectivity index (χ1v) is 7.97. The number of nitrogens with one attached hydrogen (secondary N) is 1. The van der Waals surface area contributed by atoms with Crippen LogP contribution in [-0.4, -0.2) is 11.0 Å². The zero-order valence-electron chi connectivity index (χ0n) is 13.0. The number of carbonyl (C=O) groups excluding carboxylic acids is 1. The van der Waals surface area contributed by atoms with Crippen molar-refractivity contribution < 1.29 is 9.90 Å². The van der Waals surface area contributed by atoms with Crippen LogP contribution in [0.25, 0.3) is 0 Å². The van der Waals surface area contributed by atoms with Crippen LogP contribution >= 0.6 is 0 Å². The molecule has 118 valence electrons. The van der Waals surface area contributed by atoms with Gasteiger partial charge in [-0.1, -0.05) is 45.4 Å². The third kappa shape index (κ3) is 7.59. The summed E-state index contributed by atoms with van der Waals surface area (Å²) in [7, 11) is 0. The maximum Gasteiger partial charge on any atom is 0.220 e. The van der Waals surface area contributed by atoms with Gasteiger partial charge in [-0.05, 0) is 24.6 Å². The molecule has 0 saturated carbocycles. The van der Waals surface area contributed by atoms with E-state index in [9.17, 15) is 9.90 Å². The SMILES string of the molecule is CCCCCCCCCC(=O)NCc1cc(N)ccc1O. The highest BCUT2D eigenvalue weighted by molar-refractivity contribution is 5.75. The first-order valence-electron chi connectivity index (χ1n) is 7.97. The van der Waals surface area contributed by atoms with Crippen molar-refractivity contribution in [3.8, 4) is 5.75 Å². The lowest BCUT2D eigenvalue weighted by Crippen LogP contribution is -2.22. The van der Waals surface area contributed by atoms with Crippen LogP contribution in [0.5, 0.6) is 5.75 Å². The Labute approximate surface area is 127 Å². The summed E-state index contributed by atoms with van der Waals surface area (Å²) in [4.78, 5) is 11.7.